The molecule has 0 bridgehead atoms. The number of likely N-dealkylation sites (N-methyl/N-ethyl adjacent to an activating group) is 1. The second kappa shape index (κ2) is 24.4. The van der Waals surface area contributed by atoms with Crippen molar-refractivity contribution in [3.05, 3.63) is 0 Å². The minimum atomic E-state index is -1.77. The molecule has 248 valence electrons. The van der Waals surface area contributed by atoms with E-state index < -0.39 is 22.7 Å². The molecule has 0 radical (unpaired) electrons. The first-order valence-corrected chi connectivity index (χ1v) is 22.1. The summed E-state index contributed by atoms with van der Waals surface area (Å²) in [6.07, 6.45) is 1.82. The number of hydrogen-bond donors (Lipinski definition) is 4. The minimum Gasteiger partial charge on any atom is -0.455 e. The largest absolute Gasteiger partial charge is 0.455 e. The Morgan fingerprint density at radius 1 is 0.659 bits per heavy atom. The van der Waals surface area contributed by atoms with Crippen LogP contribution in [0.15, 0.2) is 0 Å². The molecule has 41 heavy (non-hydrogen) atoms. The topological polar surface area (TPSA) is 129 Å². The lowest BCUT2D eigenvalue weighted by Crippen LogP contribution is -2.92. The van der Waals surface area contributed by atoms with Crippen LogP contribution in [0.1, 0.15) is 47.0 Å². The highest BCUT2D eigenvalue weighted by molar-refractivity contribution is 6.84. The zero-order valence-corrected chi connectivity index (χ0v) is 30.0. The molecule has 0 aromatic heterocycles. The van der Waals surface area contributed by atoms with Crippen molar-refractivity contribution in [2.45, 2.75) is 116 Å². The van der Waals surface area contributed by atoms with E-state index in [0.717, 1.165) is 38.0 Å². The lowest BCUT2D eigenvalue weighted by molar-refractivity contribution is -0.693. The average molecular weight is 629 g/mol. The van der Waals surface area contributed by atoms with E-state index >= 15 is 0 Å². The van der Waals surface area contributed by atoms with E-state index in [9.17, 15) is 10.2 Å². The molecule has 10 nitrogen and oxygen atoms in total. The maximum absolute atomic E-state index is 10.3. The molecule has 12 heteroatoms. The fourth-order valence-corrected chi connectivity index (χ4v) is 13.1. The highest BCUT2D eigenvalue weighted by atomic mass is 28.4. The Labute approximate surface area is 253 Å². The number of nitrogens with two attached hydrogens (primary N) is 2. The molecule has 0 aromatic carbocycles. The van der Waals surface area contributed by atoms with Crippen molar-refractivity contribution in [1.82, 2.24) is 0 Å². The third kappa shape index (κ3) is 26.2. The van der Waals surface area contributed by atoms with Crippen LogP contribution in [0, 0.1) is 0 Å². The zero-order valence-electron chi connectivity index (χ0n) is 28.0. The summed E-state index contributed by atoms with van der Waals surface area (Å²) in [7, 11) is -1.48. The van der Waals surface area contributed by atoms with Gasteiger partial charge in [0.15, 0.2) is 16.6 Å². The first-order chi connectivity index (χ1) is 19.3. The predicted octanol–water partition coefficient (Wildman–Crippen LogP) is 1.33. The van der Waals surface area contributed by atoms with Crippen LogP contribution in [0.3, 0.4) is 0 Å². The molecule has 0 aromatic rings. The molecule has 0 saturated heterocycles. The predicted molar refractivity (Wildman–Crippen MR) is 169 cm³/mol. The summed E-state index contributed by atoms with van der Waals surface area (Å²) >= 11 is 0. The summed E-state index contributed by atoms with van der Waals surface area (Å²) in [6.45, 7) is 23.1. The molecule has 0 amide bonds. The smallest absolute Gasteiger partial charge is 0.173 e. The lowest BCUT2D eigenvalue weighted by atomic mass is 10.3. The summed E-state index contributed by atoms with van der Waals surface area (Å²) in [6, 6.07) is 2.82. The van der Waals surface area contributed by atoms with E-state index in [1.807, 2.05) is 20.9 Å². The third-order valence-corrected chi connectivity index (χ3v) is 14.4. The molecule has 5 atom stereocenters. The van der Waals surface area contributed by atoms with Gasteiger partial charge in [0.25, 0.3) is 0 Å². The highest BCUT2D eigenvalue weighted by Crippen LogP contribution is 2.23. The van der Waals surface area contributed by atoms with Crippen molar-refractivity contribution in [1.29, 1.82) is 0 Å². The van der Waals surface area contributed by atoms with Crippen molar-refractivity contribution >= 4 is 16.6 Å². The number of hydrogen-bond acceptors (Lipinski definition) is 8. The second-order valence-corrected chi connectivity index (χ2v) is 21.6. The van der Waals surface area contributed by atoms with Crippen LogP contribution in [0.25, 0.3) is 0 Å². The van der Waals surface area contributed by atoms with Gasteiger partial charge in [-0.2, -0.15) is 0 Å². The third-order valence-electron chi connectivity index (χ3n) is 6.90. The Morgan fingerprint density at radius 2 is 1.20 bits per heavy atom. The molecule has 0 saturated carbocycles. The Morgan fingerprint density at radius 3 is 1.76 bits per heavy atom. The standard InChI is InChI=1S/C29H66N2O8Si2/c1-10-28(32)23-34-13-11-17-40(6,7)39-41(8,9)18-12-14-35-24-29(33)19-31-26(3)21-37-22-27(4)38-16-15-36-20-25(2)30-5/h25-33H,10-24H2,1-9H3/p+2. The number of aliphatic hydroxyl groups is 2. The van der Waals surface area contributed by atoms with E-state index in [-0.39, 0.29) is 18.2 Å². The molecule has 0 aliphatic heterocycles. The van der Waals surface area contributed by atoms with Crippen LogP contribution in [-0.4, -0.2) is 130 Å². The van der Waals surface area contributed by atoms with Crippen molar-refractivity contribution in [2.24, 2.45) is 0 Å². The summed E-state index contributed by atoms with van der Waals surface area (Å²) in [4.78, 5) is 0. The molecule has 0 aliphatic carbocycles. The highest BCUT2D eigenvalue weighted by Gasteiger charge is 2.32. The van der Waals surface area contributed by atoms with Gasteiger partial charge in [-0.25, -0.2) is 0 Å². The average Bonchev–Trinajstić information content (AvgIpc) is 2.90. The SMILES string of the molecule is CCC(O)COCCC[Si](C)(C)O[Si](C)(C)CCCOCC(O)C[NH2+]C(C)COCC(C)OCCOCC(C)[NH2+]C. The van der Waals surface area contributed by atoms with Gasteiger partial charge in [-0.05, 0) is 78.3 Å². The van der Waals surface area contributed by atoms with Gasteiger partial charge in [0.05, 0.1) is 65.5 Å². The van der Waals surface area contributed by atoms with Gasteiger partial charge in [-0.1, -0.05) is 6.92 Å². The van der Waals surface area contributed by atoms with Crippen LogP contribution in [0.2, 0.25) is 38.3 Å². The summed E-state index contributed by atoms with van der Waals surface area (Å²) < 4.78 is 35.2. The number of aliphatic hydroxyl groups excluding tert-OH is 2. The van der Waals surface area contributed by atoms with Gasteiger partial charge < -0.3 is 48.6 Å². The number of quaternary nitrogens is 2. The van der Waals surface area contributed by atoms with Gasteiger partial charge in [0.1, 0.15) is 24.7 Å². The van der Waals surface area contributed by atoms with E-state index in [1.165, 1.54) is 0 Å². The maximum Gasteiger partial charge on any atom is 0.173 e. The number of ether oxygens (including phenoxy) is 5. The van der Waals surface area contributed by atoms with Crippen LogP contribution in [0.4, 0.5) is 0 Å². The van der Waals surface area contributed by atoms with Crippen molar-refractivity contribution in [3.8, 4) is 0 Å². The molecule has 6 N–H and O–H groups in total. The fourth-order valence-electron chi connectivity index (χ4n) is 4.27. The Balaban J connectivity index is 3.85. The van der Waals surface area contributed by atoms with E-state index in [0.29, 0.717) is 65.4 Å². The van der Waals surface area contributed by atoms with E-state index in [4.69, 9.17) is 27.8 Å². The summed E-state index contributed by atoms with van der Waals surface area (Å²) in [5.74, 6) is 0. The molecule has 0 heterocycles. The van der Waals surface area contributed by atoms with Crippen molar-refractivity contribution in [2.75, 3.05) is 73.1 Å². The Hall–Kier alpha value is 0.0338. The molecule has 0 spiro atoms. The number of rotatable bonds is 29. The lowest BCUT2D eigenvalue weighted by Gasteiger charge is -2.34. The monoisotopic (exact) mass is 628 g/mol. The second-order valence-electron chi connectivity index (χ2n) is 12.7. The molecule has 0 aliphatic rings. The molecule has 0 fully saturated rings. The van der Waals surface area contributed by atoms with Crippen LogP contribution in [-0.2, 0) is 27.8 Å². The van der Waals surface area contributed by atoms with Crippen LogP contribution in [0.5, 0.6) is 0 Å². The summed E-state index contributed by atoms with van der Waals surface area (Å²) in [5, 5.41) is 24.1. The molecular formula is C29H68N2O8Si2+2. The zero-order chi connectivity index (χ0) is 31.2. The maximum atomic E-state index is 10.3. The first-order valence-electron chi connectivity index (χ1n) is 15.9. The molecule has 0 rings (SSSR count). The molecular weight excluding hydrogens is 560 g/mol. The van der Waals surface area contributed by atoms with Crippen molar-refractivity contribution < 1.29 is 48.6 Å². The van der Waals surface area contributed by atoms with Crippen LogP contribution < -0.4 is 10.6 Å². The minimum absolute atomic E-state index is 0.0255. The van der Waals surface area contributed by atoms with Gasteiger partial charge >= 0.3 is 0 Å². The van der Waals surface area contributed by atoms with E-state index in [1.54, 1.807) is 0 Å². The Bertz CT molecular complexity index is 607. The van der Waals surface area contributed by atoms with Gasteiger partial charge in [0, 0.05) is 13.2 Å². The van der Waals surface area contributed by atoms with Gasteiger partial charge in [-0.3, -0.25) is 0 Å². The molecule has 5 unspecified atom stereocenters. The van der Waals surface area contributed by atoms with E-state index in [2.05, 4.69) is 50.7 Å². The van der Waals surface area contributed by atoms with Gasteiger partial charge in [-0.15, -0.1) is 0 Å². The van der Waals surface area contributed by atoms with Gasteiger partial charge in [0.2, 0.25) is 0 Å². The Kier molecular flexibility index (Phi) is 24.4. The normalized spacial score (nSPS) is 16.5. The fraction of sp³-hybridized carbons (Fsp3) is 1.00. The summed E-state index contributed by atoms with van der Waals surface area (Å²) in [5.41, 5.74) is 0. The van der Waals surface area contributed by atoms with Crippen LogP contribution >= 0.6 is 0 Å². The quantitative estimate of drug-likeness (QED) is 0.0722. The van der Waals surface area contributed by atoms with Crippen molar-refractivity contribution in [3.63, 3.8) is 0 Å². The first kappa shape index (κ1) is 41.0.